The summed E-state index contributed by atoms with van der Waals surface area (Å²) in [6, 6.07) is 7.53. The molecule has 1 N–H and O–H groups in total. The summed E-state index contributed by atoms with van der Waals surface area (Å²) >= 11 is 11.2. The molecule has 1 saturated heterocycles. The van der Waals surface area contributed by atoms with E-state index in [0.29, 0.717) is 5.02 Å². The minimum absolute atomic E-state index is 0.703. The molecule has 3 nitrogen and oxygen atoms in total. The van der Waals surface area contributed by atoms with Crippen molar-refractivity contribution < 1.29 is 4.74 Å². The van der Waals surface area contributed by atoms with Gasteiger partial charge in [-0.05, 0) is 30.4 Å². The van der Waals surface area contributed by atoms with Gasteiger partial charge in [-0.2, -0.15) is 0 Å². The fourth-order valence-corrected chi connectivity index (χ4v) is 2.03. The number of nitrogens with one attached hydrogen (secondary N) is 1. The van der Waals surface area contributed by atoms with Crippen LogP contribution in [0.3, 0.4) is 0 Å². The van der Waals surface area contributed by atoms with Crippen LogP contribution in [0.5, 0.6) is 0 Å². The van der Waals surface area contributed by atoms with Crippen LogP contribution in [0.25, 0.3) is 0 Å². The van der Waals surface area contributed by atoms with Gasteiger partial charge in [0.25, 0.3) is 0 Å². The molecule has 0 radical (unpaired) electrons. The van der Waals surface area contributed by atoms with Crippen molar-refractivity contribution in [2.45, 2.75) is 0 Å². The number of anilines is 1. The Balaban J connectivity index is 1.96. The first kappa shape index (κ1) is 11.6. The zero-order valence-electron chi connectivity index (χ0n) is 8.78. The maximum Gasteiger partial charge on any atom is 0.173 e. The van der Waals surface area contributed by atoms with Crippen molar-refractivity contribution in [3.63, 3.8) is 0 Å². The lowest BCUT2D eigenvalue weighted by Crippen LogP contribution is -2.42. The molecular weight excluding hydrogens is 244 g/mol. The van der Waals surface area contributed by atoms with Gasteiger partial charge in [-0.3, -0.25) is 0 Å². The molecule has 1 aliphatic heterocycles. The molecule has 1 aromatic rings. The minimum atomic E-state index is 0.703. The minimum Gasteiger partial charge on any atom is -0.378 e. The SMILES string of the molecule is S=C(Nc1cccc(Cl)c1)N1CCOCC1. The number of rotatable bonds is 1. The van der Waals surface area contributed by atoms with E-state index in [4.69, 9.17) is 28.6 Å². The van der Waals surface area contributed by atoms with Crippen LogP contribution < -0.4 is 5.32 Å². The Morgan fingerprint density at radius 3 is 2.81 bits per heavy atom. The van der Waals surface area contributed by atoms with Crippen LogP contribution in [0.2, 0.25) is 5.02 Å². The molecule has 1 fully saturated rings. The van der Waals surface area contributed by atoms with Crippen LogP contribution >= 0.6 is 23.8 Å². The van der Waals surface area contributed by atoms with Gasteiger partial charge >= 0.3 is 0 Å². The molecule has 0 aliphatic carbocycles. The van der Waals surface area contributed by atoms with Crippen LogP contribution in [-0.2, 0) is 4.74 Å². The Kier molecular flexibility index (Phi) is 3.98. The van der Waals surface area contributed by atoms with Crippen molar-refractivity contribution in [1.29, 1.82) is 0 Å². The molecule has 16 heavy (non-hydrogen) atoms. The van der Waals surface area contributed by atoms with Gasteiger partial charge < -0.3 is 15.0 Å². The third-order valence-electron chi connectivity index (χ3n) is 2.37. The van der Waals surface area contributed by atoms with Gasteiger partial charge in [0.15, 0.2) is 5.11 Å². The Bertz CT molecular complexity index is 380. The number of thiocarbonyl (C=S) groups is 1. The molecule has 1 aliphatic rings. The van der Waals surface area contributed by atoms with Gasteiger partial charge in [-0.25, -0.2) is 0 Å². The molecule has 0 saturated carbocycles. The van der Waals surface area contributed by atoms with E-state index in [1.807, 2.05) is 24.3 Å². The number of benzene rings is 1. The standard InChI is InChI=1S/C11H13ClN2OS/c12-9-2-1-3-10(8-9)13-11(16)14-4-6-15-7-5-14/h1-3,8H,4-7H2,(H,13,16). The van der Waals surface area contributed by atoms with Gasteiger partial charge in [0.1, 0.15) is 0 Å². The van der Waals surface area contributed by atoms with Crippen LogP contribution in [0.1, 0.15) is 0 Å². The van der Waals surface area contributed by atoms with E-state index in [9.17, 15) is 0 Å². The second-order valence-electron chi connectivity index (χ2n) is 3.54. The Labute approximate surface area is 105 Å². The van der Waals surface area contributed by atoms with Gasteiger partial charge in [0.05, 0.1) is 13.2 Å². The predicted molar refractivity (Wildman–Crippen MR) is 70.1 cm³/mol. The van der Waals surface area contributed by atoms with E-state index in [1.165, 1.54) is 0 Å². The first-order valence-electron chi connectivity index (χ1n) is 5.15. The topological polar surface area (TPSA) is 24.5 Å². The molecule has 0 spiro atoms. The van der Waals surface area contributed by atoms with Gasteiger partial charge in [0.2, 0.25) is 0 Å². The molecule has 5 heteroatoms. The van der Waals surface area contributed by atoms with E-state index in [2.05, 4.69) is 10.2 Å². The summed E-state index contributed by atoms with van der Waals surface area (Å²) in [5, 5.41) is 4.60. The van der Waals surface area contributed by atoms with Crippen molar-refractivity contribution in [2.75, 3.05) is 31.6 Å². The average molecular weight is 257 g/mol. The highest BCUT2D eigenvalue weighted by molar-refractivity contribution is 7.80. The molecule has 0 aromatic heterocycles. The van der Waals surface area contributed by atoms with Gasteiger partial charge in [-0.15, -0.1) is 0 Å². The Morgan fingerprint density at radius 1 is 1.38 bits per heavy atom. The van der Waals surface area contributed by atoms with E-state index in [-0.39, 0.29) is 0 Å². The number of morpholine rings is 1. The third-order valence-corrected chi connectivity index (χ3v) is 2.97. The summed E-state index contributed by atoms with van der Waals surface area (Å²) in [5.74, 6) is 0. The van der Waals surface area contributed by atoms with E-state index >= 15 is 0 Å². The molecular formula is C11H13ClN2OS. The summed E-state index contributed by atoms with van der Waals surface area (Å²) in [6.07, 6.45) is 0. The summed E-state index contributed by atoms with van der Waals surface area (Å²) in [6.45, 7) is 3.15. The lowest BCUT2D eigenvalue weighted by atomic mass is 10.3. The van der Waals surface area contributed by atoms with Crippen LogP contribution in [0, 0.1) is 0 Å². The molecule has 1 aromatic carbocycles. The van der Waals surface area contributed by atoms with Crippen LogP contribution in [0.4, 0.5) is 5.69 Å². The maximum absolute atomic E-state index is 5.90. The molecule has 2 rings (SSSR count). The molecule has 1 heterocycles. The first-order valence-corrected chi connectivity index (χ1v) is 5.93. The average Bonchev–Trinajstić information content (AvgIpc) is 2.30. The number of ether oxygens (including phenoxy) is 1. The predicted octanol–water partition coefficient (Wildman–Crippen LogP) is 2.37. The number of hydrogen-bond acceptors (Lipinski definition) is 2. The van der Waals surface area contributed by atoms with Crippen molar-refractivity contribution in [3.05, 3.63) is 29.3 Å². The Morgan fingerprint density at radius 2 is 2.12 bits per heavy atom. The van der Waals surface area contributed by atoms with Crippen LogP contribution in [0.15, 0.2) is 24.3 Å². The Hall–Kier alpha value is -0.840. The smallest absolute Gasteiger partial charge is 0.173 e. The fourth-order valence-electron chi connectivity index (χ4n) is 1.54. The second-order valence-corrected chi connectivity index (χ2v) is 4.36. The summed E-state index contributed by atoms with van der Waals surface area (Å²) in [7, 11) is 0. The second kappa shape index (κ2) is 5.48. The zero-order chi connectivity index (χ0) is 11.4. The van der Waals surface area contributed by atoms with Crippen molar-refractivity contribution in [2.24, 2.45) is 0 Å². The lowest BCUT2D eigenvalue weighted by Gasteiger charge is -2.29. The number of hydrogen-bond donors (Lipinski definition) is 1. The normalized spacial score (nSPS) is 15.9. The van der Waals surface area contributed by atoms with E-state index in [1.54, 1.807) is 0 Å². The molecule has 0 atom stereocenters. The number of halogens is 1. The fraction of sp³-hybridized carbons (Fsp3) is 0.364. The summed E-state index contributed by atoms with van der Waals surface area (Å²) in [4.78, 5) is 2.10. The maximum atomic E-state index is 5.90. The van der Waals surface area contributed by atoms with Gasteiger partial charge in [0, 0.05) is 23.8 Å². The monoisotopic (exact) mass is 256 g/mol. The van der Waals surface area contributed by atoms with E-state index in [0.717, 1.165) is 37.1 Å². The summed E-state index contributed by atoms with van der Waals surface area (Å²) in [5.41, 5.74) is 0.920. The lowest BCUT2D eigenvalue weighted by molar-refractivity contribution is 0.0690. The molecule has 0 unspecified atom stereocenters. The number of nitrogens with zero attached hydrogens (tertiary/aromatic N) is 1. The van der Waals surface area contributed by atoms with Crippen molar-refractivity contribution in [3.8, 4) is 0 Å². The zero-order valence-corrected chi connectivity index (χ0v) is 10.4. The van der Waals surface area contributed by atoms with Crippen molar-refractivity contribution in [1.82, 2.24) is 4.90 Å². The first-order chi connectivity index (χ1) is 7.75. The quantitative estimate of drug-likeness (QED) is 0.780. The van der Waals surface area contributed by atoms with Gasteiger partial charge in [-0.1, -0.05) is 17.7 Å². The van der Waals surface area contributed by atoms with E-state index < -0.39 is 0 Å². The highest BCUT2D eigenvalue weighted by Gasteiger charge is 2.13. The molecule has 86 valence electrons. The largest absolute Gasteiger partial charge is 0.378 e. The molecule has 0 bridgehead atoms. The van der Waals surface area contributed by atoms with Crippen LogP contribution in [-0.4, -0.2) is 36.3 Å². The van der Waals surface area contributed by atoms with Crippen molar-refractivity contribution >= 4 is 34.6 Å². The summed E-state index contributed by atoms with van der Waals surface area (Å²) < 4.78 is 5.27. The highest BCUT2D eigenvalue weighted by atomic mass is 35.5. The highest BCUT2D eigenvalue weighted by Crippen LogP contribution is 2.15. The molecule has 0 amide bonds. The third kappa shape index (κ3) is 3.07.